The number of hydrogen-bond acceptors (Lipinski definition) is 7. The van der Waals surface area contributed by atoms with Crippen LogP contribution in [0, 0.1) is 13.8 Å². The van der Waals surface area contributed by atoms with E-state index in [1.165, 1.54) is 12.0 Å². The minimum Gasteiger partial charge on any atom is -0.468 e. The molecule has 0 heterocycles. The molecule has 0 aliphatic heterocycles. The first-order valence-corrected chi connectivity index (χ1v) is 12.7. The summed E-state index contributed by atoms with van der Waals surface area (Å²) in [5, 5.41) is 15.1. The van der Waals surface area contributed by atoms with Gasteiger partial charge in [-0.2, -0.15) is 0 Å². The predicted molar refractivity (Wildman–Crippen MR) is 146 cm³/mol. The van der Waals surface area contributed by atoms with E-state index in [0.717, 1.165) is 16.7 Å². The van der Waals surface area contributed by atoms with Crippen LogP contribution in [-0.4, -0.2) is 72.3 Å². The average Bonchev–Trinajstić information content (AvgIpc) is 2.88. The number of carbonyl (C=O) groups excluding carboxylic acids is 4. The molecule has 2 aromatic carbocycles. The molecule has 0 aromatic heterocycles. The molecule has 0 spiro atoms. The Hall–Kier alpha value is -3.92. The van der Waals surface area contributed by atoms with Crippen LogP contribution in [0.25, 0.3) is 0 Å². The fourth-order valence-corrected chi connectivity index (χ4v) is 4.02. The van der Waals surface area contributed by atoms with Crippen molar-refractivity contribution in [1.29, 1.82) is 0 Å². The van der Waals surface area contributed by atoms with Gasteiger partial charge in [-0.3, -0.25) is 14.4 Å². The molecule has 0 aliphatic carbocycles. The molecule has 2 rings (SSSR count). The van der Waals surface area contributed by atoms with Gasteiger partial charge in [0.25, 0.3) is 0 Å². The highest BCUT2D eigenvalue weighted by atomic mass is 16.6. The second-order valence-electron chi connectivity index (χ2n) is 10.1. The molecule has 0 saturated heterocycles. The van der Waals surface area contributed by atoms with Gasteiger partial charge in [0, 0.05) is 13.0 Å². The minimum atomic E-state index is -1.20. The first-order chi connectivity index (χ1) is 18.4. The summed E-state index contributed by atoms with van der Waals surface area (Å²) in [6.45, 7) is 7.78. The quantitative estimate of drug-likeness (QED) is 0.372. The topological polar surface area (TPSA) is 134 Å². The molecule has 10 nitrogen and oxygen atoms in total. The number of nitrogens with one attached hydrogen (secondary N) is 2. The first-order valence-electron chi connectivity index (χ1n) is 12.7. The van der Waals surface area contributed by atoms with Crippen molar-refractivity contribution in [1.82, 2.24) is 15.5 Å². The summed E-state index contributed by atoms with van der Waals surface area (Å²) in [6.07, 6.45) is -0.677. The number of amides is 3. The van der Waals surface area contributed by atoms with Crippen LogP contribution in [0.2, 0.25) is 0 Å². The number of esters is 1. The number of rotatable bonds is 11. The summed E-state index contributed by atoms with van der Waals surface area (Å²) in [6, 6.07) is 12.1. The van der Waals surface area contributed by atoms with Gasteiger partial charge in [0.15, 0.2) is 0 Å². The lowest BCUT2D eigenvalue weighted by molar-refractivity contribution is -0.145. The predicted octanol–water partition coefficient (Wildman–Crippen LogP) is 2.59. The maximum Gasteiger partial charge on any atom is 0.408 e. The van der Waals surface area contributed by atoms with Gasteiger partial charge in [0.2, 0.25) is 11.8 Å². The lowest BCUT2D eigenvalue weighted by Crippen LogP contribution is -2.54. The molecule has 212 valence electrons. The van der Waals surface area contributed by atoms with E-state index < -0.39 is 54.7 Å². The highest BCUT2D eigenvalue weighted by Gasteiger charge is 2.37. The van der Waals surface area contributed by atoms with E-state index in [4.69, 9.17) is 4.74 Å². The molecule has 0 bridgehead atoms. The van der Waals surface area contributed by atoms with Gasteiger partial charge in [0.1, 0.15) is 24.2 Å². The molecule has 39 heavy (non-hydrogen) atoms. The van der Waals surface area contributed by atoms with Crippen LogP contribution < -0.4 is 10.6 Å². The van der Waals surface area contributed by atoms with Crippen LogP contribution in [0.3, 0.4) is 0 Å². The number of aryl methyl sites for hydroxylation is 1. The van der Waals surface area contributed by atoms with Crippen molar-refractivity contribution in [2.75, 3.05) is 26.8 Å². The largest absolute Gasteiger partial charge is 0.468 e. The van der Waals surface area contributed by atoms with E-state index >= 15 is 0 Å². The van der Waals surface area contributed by atoms with Crippen LogP contribution in [0.5, 0.6) is 0 Å². The molecule has 3 amide bonds. The van der Waals surface area contributed by atoms with Crippen molar-refractivity contribution >= 4 is 23.9 Å². The highest BCUT2D eigenvalue weighted by Crippen LogP contribution is 2.27. The zero-order chi connectivity index (χ0) is 29.2. The van der Waals surface area contributed by atoms with Crippen LogP contribution in [0.15, 0.2) is 48.5 Å². The Labute approximate surface area is 229 Å². The maximum atomic E-state index is 14.1. The smallest absolute Gasteiger partial charge is 0.408 e. The van der Waals surface area contributed by atoms with E-state index in [-0.39, 0.29) is 13.0 Å². The third-order valence-electron chi connectivity index (χ3n) is 6.03. The number of nitrogens with zero attached hydrogens (tertiary/aromatic N) is 1. The molecule has 2 unspecified atom stereocenters. The number of benzene rings is 2. The third-order valence-corrected chi connectivity index (χ3v) is 6.03. The Morgan fingerprint density at radius 2 is 1.67 bits per heavy atom. The number of aliphatic hydroxyl groups is 1. The lowest BCUT2D eigenvalue weighted by atomic mass is 9.94. The highest BCUT2D eigenvalue weighted by molar-refractivity contribution is 5.93. The molecular weight excluding hydrogens is 502 g/mol. The second-order valence-corrected chi connectivity index (χ2v) is 10.1. The monoisotopic (exact) mass is 541 g/mol. The zero-order valence-electron chi connectivity index (χ0n) is 23.4. The zero-order valence-corrected chi connectivity index (χ0v) is 23.4. The Morgan fingerprint density at radius 1 is 1.00 bits per heavy atom. The Bertz CT molecular complexity index is 1150. The number of ether oxygens (including phenoxy) is 2. The molecule has 10 heteroatoms. The number of carbonyl (C=O) groups is 4. The number of hydrogen-bond donors (Lipinski definition) is 3. The van der Waals surface area contributed by atoms with Crippen molar-refractivity contribution < 1.29 is 33.8 Å². The minimum absolute atomic E-state index is 0.115. The Morgan fingerprint density at radius 3 is 2.26 bits per heavy atom. The van der Waals surface area contributed by atoms with Gasteiger partial charge in [0.05, 0.1) is 13.7 Å². The molecule has 0 aliphatic rings. The number of methoxy groups -OCH3 is 1. The molecule has 2 aromatic rings. The van der Waals surface area contributed by atoms with Crippen molar-refractivity contribution in [2.24, 2.45) is 0 Å². The maximum absolute atomic E-state index is 14.1. The van der Waals surface area contributed by atoms with Gasteiger partial charge in [-0.25, -0.2) is 4.79 Å². The van der Waals surface area contributed by atoms with E-state index in [9.17, 15) is 24.3 Å². The third kappa shape index (κ3) is 9.40. The second kappa shape index (κ2) is 14.3. The van der Waals surface area contributed by atoms with Gasteiger partial charge < -0.3 is 30.1 Å². The SMILES string of the molecule is COC(=O)CNC(=O)C(c1cccc(C)c1C)N(CCO)C(=O)C(Cc1ccccc1)NC(=O)OC(C)(C)C. The fourth-order valence-electron chi connectivity index (χ4n) is 4.02. The molecule has 0 radical (unpaired) electrons. The number of alkyl carbamates (subject to hydrolysis) is 1. The fraction of sp³-hybridized carbons (Fsp3) is 0.448. The Kier molecular flexibility index (Phi) is 11.5. The van der Waals surface area contributed by atoms with E-state index in [2.05, 4.69) is 15.4 Å². The summed E-state index contributed by atoms with van der Waals surface area (Å²) < 4.78 is 10.0. The summed E-state index contributed by atoms with van der Waals surface area (Å²) in [5.41, 5.74) is 2.15. The summed E-state index contributed by atoms with van der Waals surface area (Å²) >= 11 is 0. The number of aliphatic hydroxyl groups excluding tert-OH is 1. The molecular formula is C29H39N3O7. The Balaban J connectivity index is 2.55. The van der Waals surface area contributed by atoms with Gasteiger partial charge in [-0.15, -0.1) is 0 Å². The molecule has 2 atom stereocenters. The molecule has 0 saturated carbocycles. The molecule has 3 N–H and O–H groups in total. The lowest BCUT2D eigenvalue weighted by Gasteiger charge is -2.35. The average molecular weight is 542 g/mol. The molecule has 0 fully saturated rings. The van der Waals surface area contributed by atoms with E-state index in [1.807, 2.05) is 50.2 Å². The summed E-state index contributed by atoms with van der Waals surface area (Å²) in [5.74, 6) is -1.89. The normalized spacial score (nSPS) is 12.6. The van der Waals surface area contributed by atoms with Crippen molar-refractivity contribution in [3.8, 4) is 0 Å². The van der Waals surface area contributed by atoms with Gasteiger partial charge >= 0.3 is 12.1 Å². The van der Waals surface area contributed by atoms with Crippen LogP contribution in [-0.2, 0) is 30.3 Å². The standard InChI is InChI=1S/C29H39N3O7/c1-19-11-10-14-22(20(19)2)25(26(35)30-18-24(34)38-6)32(15-16-33)27(36)23(17-21-12-8-7-9-13-21)31-28(37)39-29(3,4)5/h7-14,23,25,33H,15-18H2,1-6H3,(H,30,35)(H,31,37). The van der Waals surface area contributed by atoms with Crippen molar-refractivity contribution in [3.63, 3.8) is 0 Å². The van der Waals surface area contributed by atoms with Crippen LogP contribution in [0.4, 0.5) is 4.79 Å². The van der Waals surface area contributed by atoms with E-state index in [0.29, 0.717) is 5.56 Å². The van der Waals surface area contributed by atoms with Gasteiger partial charge in [-0.1, -0.05) is 48.5 Å². The summed E-state index contributed by atoms with van der Waals surface area (Å²) in [4.78, 5) is 53.4. The summed E-state index contributed by atoms with van der Waals surface area (Å²) in [7, 11) is 1.20. The van der Waals surface area contributed by atoms with Crippen molar-refractivity contribution in [3.05, 3.63) is 70.8 Å². The first kappa shape index (κ1) is 31.3. The van der Waals surface area contributed by atoms with Gasteiger partial charge in [-0.05, 0) is 56.9 Å². The van der Waals surface area contributed by atoms with Crippen molar-refractivity contribution in [2.45, 2.75) is 58.7 Å². The van der Waals surface area contributed by atoms with Crippen LogP contribution in [0.1, 0.15) is 49.1 Å². The van der Waals surface area contributed by atoms with E-state index in [1.54, 1.807) is 32.9 Å². The van der Waals surface area contributed by atoms with Crippen LogP contribution >= 0.6 is 0 Å².